The van der Waals surface area contributed by atoms with Crippen molar-refractivity contribution in [3.63, 3.8) is 0 Å². The van der Waals surface area contributed by atoms with E-state index < -0.39 is 0 Å². The topological polar surface area (TPSA) is 26.3 Å². The van der Waals surface area contributed by atoms with Gasteiger partial charge in [-0.15, -0.1) is 0 Å². The highest BCUT2D eigenvalue weighted by atomic mass is 28.2. The first-order valence-corrected chi connectivity index (χ1v) is 9.52. The van der Waals surface area contributed by atoms with Crippen molar-refractivity contribution in [3.05, 3.63) is 84.4 Å². The highest BCUT2D eigenvalue weighted by molar-refractivity contribution is 6.39. The van der Waals surface area contributed by atoms with Crippen LogP contribution < -0.4 is 0 Å². The van der Waals surface area contributed by atoms with Gasteiger partial charge in [0.05, 0.1) is 6.61 Å². The maximum Gasteiger partial charge on any atom is 0.330 e. The smallest absolute Gasteiger partial charge is 0.330 e. The van der Waals surface area contributed by atoms with Crippen molar-refractivity contribution in [2.75, 3.05) is 6.61 Å². The van der Waals surface area contributed by atoms with Gasteiger partial charge in [-0.25, -0.2) is 4.79 Å². The standard InChI is InChI=1S/C19H22O2Si/c1-2-18(20)21-14-9-15-22-19(16-10-5-3-6-11-16)17-12-7-4-8-13-17/h2-8,10-13,19H,1,9,14-15,22H2. The molecule has 3 heteroatoms. The van der Waals surface area contributed by atoms with E-state index in [1.165, 1.54) is 17.2 Å². The summed E-state index contributed by atoms with van der Waals surface area (Å²) >= 11 is 0. The lowest BCUT2D eigenvalue weighted by Crippen LogP contribution is -2.11. The normalized spacial score (nSPS) is 11.0. The summed E-state index contributed by atoms with van der Waals surface area (Å²) in [6.45, 7) is 3.90. The van der Waals surface area contributed by atoms with Crippen LogP contribution in [0.15, 0.2) is 73.3 Å². The molecule has 0 aliphatic rings. The summed E-state index contributed by atoms with van der Waals surface area (Å²) in [6, 6.07) is 22.5. The van der Waals surface area contributed by atoms with Gasteiger partial charge >= 0.3 is 5.97 Å². The molecule has 0 aromatic heterocycles. The minimum absolute atomic E-state index is 0.329. The van der Waals surface area contributed by atoms with Gasteiger partial charge in [0.15, 0.2) is 0 Å². The van der Waals surface area contributed by atoms with Gasteiger partial charge in [-0.2, -0.15) is 0 Å². The molecule has 114 valence electrons. The Bertz CT molecular complexity index is 541. The molecule has 0 N–H and O–H groups in total. The first-order valence-electron chi connectivity index (χ1n) is 7.70. The van der Waals surface area contributed by atoms with Crippen LogP contribution in [0.4, 0.5) is 0 Å². The van der Waals surface area contributed by atoms with E-state index in [0.29, 0.717) is 12.1 Å². The molecule has 2 nitrogen and oxygen atoms in total. The number of hydrogen-bond acceptors (Lipinski definition) is 2. The zero-order valence-electron chi connectivity index (χ0n) is 12.8. The summed E-state index contributed by atoms with van der Waals surface area (Å²) in [5, 5.41) is 0. The molecule has 2 aromatic carbocycles. The van der Waals surface area contributed by atoms with Crippen LogP contribution in [0.1, 0.15) is 23.1 Å². The Hall–Kier alpha value is -2.13. The summed E-state index contributed by atoms with van der Waals surface area (Å²) in [6.07, 6.45) is 2.15. The highest BCUT2D eigenvalue weighted by Crippen LogP contribution is 2.24. The maximum absolute atomic E-state index is 11.0. The number of benzene rings is 2. The predicted molar refractivity (Wildman–Crippen MR) is 93.9 cm³/mol. The molecule has 0 heterocycles. The Morgan fingerprint density at radius 3 is 2.09 bits per heavy atom. The van der Waals surface area contributed by atoms with Crippen molar-refractivity contribution < 1.29 is 9.53 Å². The lowest BCUT2D eigenvalue weighted by molar-refractivity contribution is -0.137. The molecule has 0 saturated carbocycles. The number of esters is 1. The number of rotatable bonds is 8. The van der Waals surface area contributed by atoms with E-state index in [2.05, 4.69) is 67.2 Å². The lowest BCUT2D eigenvalue weighted by atomic mass is 10.0. The van der Waals surface area contributed by atoms with Crippen LogP contribution in [0.2, 0.25) is 6.04 Å². The fraction of sp³-hybridized carbons (Fsp3) is 0.211. The van der Waals surface area contributed by atoms with E-state index in [0.717, 1.165) is 12.5 Å². The number of ether oxygens (including phenoxy) is 1. The highest BCUT2D eigenvalue weighted by Gasteiger charge is 2.13. The molecule has 0 amide bonds. The van der Waals surface area contributed by atoms with Crippen molar-refractivity contribution >= 4 is 15.5 Å². The molecule has 22 heavy (non-hydrogen) atoms. The van der Waals surface area contributed by atoms with Crippen molar-refractivity contribution in [1.82, 2.24) is 0 Å². The number of carbonyl (C=O) groups excluding carboxylic acids is 1. The molecular formula is C19H22O2Si. The monoisotopic (exact) mass is 310 g/mol. The van der Waals surface area contributed by atoms with Crippen LogP contribution in [-0.2, 0) is 9.53 Å². The average Bonchev–Trinajstić information content (AvgIpc) is 2.59. The van der Waals surface area contributed by atoms with Gasteiger partial charge in [-0.3, -0.25) is 0 Å². The zero-order chi connectivity index (χ0) is 15.6. The van der Waals surface area contributed by atoms with Crippen molar-refractivity contribution in [3.8, 4) is 0 Å². The summed E-state index contributed by atoms with van der Waals surface area (Å²) in [5.74, 6) is -0.329. The number of hydrogen-bond donors (Lipinski definition) is 0. The Kier molecular flexibility index (Phi) is 6.65. The third kappa shape index (κ3) is 5.01. The Morgan fingerprint density at radius 2 is 1.59 bits per heavy atom. The minimum Gasteiger partial charge on any atom is -0.463 e. The molecule has 0 bridgehead atoms. The first-order chi connectivity index (χ1) is 10.8. The van der Waals surface area contributed by atoms with Crippen LogP contribution in [0.25, 0.3) is 0 Å². The molecule has 0 aliphatic carbocycles. The van der Waals surface area contributed by atoms with Gasteiger partial charge in [-0.1, -0.05) is 73.3 Å². The molecule has 2 rings (SSSR count). The Balaban J connectivity index is 1.95. The second-order valence-corrected chi connectivity index (χ2v) is 7.34. The van der Waals surface area contributed by atoms with E-state index in [4.69, 9.17) is 4.74 Å². The van der Waals surface area contributed by atoms with Crippen molar-refractivity contribution in [2.24, 2.45) is 0 Å². The average molecular weight is 310 g/mol. The van der Waals surface area contributed by atoms with Crippen LogP contribution in [-0.4, -0.2) is 22.1 Å². The van der Waals surface area contributed by atoms with Gasteiger partial charge in [-0.05, 0) is 23.1 Å². The first kappa shape index (κ1) is 16.2. The van der Waals surface area contributed by atoms with Gasteiger partial charge in [0.25, 0.3) is 0 Å². The SMILES string of the molecule is C=CC(=O)OCCC[SiH2]C(c1ccccc1)c1ccccc1. The van der Waals surface area contributed by atoms with Gasteiger partial charge in [0.2, 0.25) is 0 Å². The quantitative estimate of drug-likeness (QED) is 0.323. The van der Waals surface area contributed by atoms with Crippen LogP contribution in [0.3, 0.4) is 0 Å². The molecule has 0 unspecified atom stereocenters. The summed E-state index contributed by atoms with van der Waals surface area (Å²) in [4.78, 5) is 11.0. The molecular weight excluding hydrogens is 288 g/mol. The number of carbonyl (C=O) groups is 1. The largest absolute Gasteiger partial charge is 0.463 e. The fourth-order valence-electron chi connectivity index (χ4n) is 2.58. The molecule has 0 radical (unpaired) electrons. The summed E-state index contributed by atoms with van der Waals surface area (Å²) in [7, 11) is -0.340. The van der Waals surface area contributed by atoms with Crippen LogP contribution >= 0.6 is 0 Å². The van der Waals surface area contributed by atoms with E-state index in [1.807, 2.05) is 0 Å². The summed E-state index contributed by atoms with van der Waals surface area (Å²) in [5.41, 5.74) is 3.31. The molecule has 2 aromatic rings. The molecule has 0 saturated heterocycles. The van der Waals surface area contributed by atoms with E-state index in [-0.39, 0.29) is 15.5 Å². The summed E-state index contributed by atoms with van der Waals surface area (Å²) < 4.78 is 5.05. The maximum atomic E-state index is 11.0. The lowest BCUT2D eigenvalue weighted by Gasteiger charge is -2.17. The molecule has 0 aliphatic heterocycles. The van der Waals surface area contributed by atoms with Gasteiger partial charge in [0, 0.05) is 15.6 Å². The third-order valence-electron chi connectivity index (χ3n) is 3.70. The Morgan fingerprint density at radius 1 is 1.05 bits per heavy atom. The van der Waals surface area contributed by atoms with Crippen LogP contribution in [0, 0.1) is 0 Å². The second kappa shape index (κ2) is 9.00. The minimum atomic E-state index is -0.340. The van der Waals surface area contributed by atoms with Gasteiger partial charge in [0.1, 0.15) is 0 Å². The third-order valence-corrected chi connectivity index (χ3v) is 6.13. The van der Waals surface area contributed by atoms with E-state index in [1.54, 1.807) is 0 Å². The fourth-order valence-corrected chi connectivity index (χ4v) is 4.69. The molecule has 0 fully saturated rings. The molecule has 0 atom stereocenters. The van der Waals surface area contributed by atoms with Crippen LogP contribution in [0.5, 0.6) is 0 Å². The van der Waals surface area contributed by atoms with Crippen molar-refractivity contribution in [1.29, 1.82) is 0 Å². The predicted octanol–water partition coefficient (Wildman–Crippen LogP) is 3.48. The zero-order valence-corrected chi connectivity index (χ0v) is 14.2. The van der Waals surface area contributed by atoms with E-state index >= 15 is 0 Å². The van der Waals surface area contributed by atoms with Gasteiger partial charge < -0.3 is 4.74 Å². The van der Waals surface area contributed by atoms with Crippen molar-refractivity contribution in [2.45, 2.75) is 18.0 Å². The van der Waals surface area contributed by atoms with E-state index in [9.17, 15) is 4.79 Å². The molecule has 0 spiro atoms. The second-order valence-electron chi connectivity index (χ2n) is 5.24. The Labute approximate surface area is 134 Å².